The van der Waals surface area contributed by atoms with Gasteiger partial charge in [0.2, 0.25) is 0 Å². The largest absolute Gasteiger partial charge is 0.493 e. The minimum absolute atomic E-state index is 0.0285. The molecule has 0 spiro atoms. The summed E-state index contributed by atoms with van der Waals surface area (Å²) in [6.45, 7) is 6.16. The van der Waals surface area contributed by atoms with E-state index in [1.54, 1.807) is 6.92 Å². The molecular formula is C19H25F3N2O3. The number of ether oxygens (including phenoxy) is 1. The van der Waals surface area contributed by atoms with Crippen molar-refractivity contribution in [1.29, 1.82) is 0 Å². The number of aromatic nitrogens is 2. The summed E-state index contributed by atoms with van der Waals surface area (Å²) in [5, 5.41) is 22.7. The van der Waals surface area contributed by atoms with Crippen LogP contribution in [0.1, 0.15) is 55.4 Å². The van der Waals surface area contributed by atoms with Crippen molar-refractivity contribution in [2.45, 2.75) is 52.6 Å². The van der Waals surface area contributed by atoms with Gasteiger partial charge in [0.05, 0.1) is 24.9 Å². The lowest BCUT2D eigenvalue weighted by Crippen LogP contribution is -2.14. The second kappa shape index (κ2) is 8.75. The van der Waals surface area contributed by atoms with Crippen LogP contribution in [-0.4, -0.2) is 26.6 Å². The first kappa shape index (κ1) is 21.2. The molecule has 150 valence electrons. The SMILES string of the molecule is CCC(CC)COc1ccc(C(F)(F)F)cc1Cn1ncc(C(O)O)c1C. The van der Waals surface area contributed by atoms with Gasteiger partial charge >= 0.3 is 6.18 Å². The molecule has 2 aromatic rings. The van der Waals surface area contributed by atoms with E-state index in [9.17, 15) is 23.4 Å². The number of aliphatic hydroxyl groups excluding tert-OH is 1. The number of aliphatic hydroxyl groups is 2. The van der Waals surface area contributed by atoms with Gasteiger partial charge in [-0.3, -0.25) is 4.68 Å². The highest BCUT2D eigenvalue weighted by Crippen LogP contribution is 2.33. The molecule has 1 aromatic carbocycles. The molecule has 1 heterocycles. The van der Waals surface area contributed by atoms with Crippen LogP contribution in [0.25, 0.3) is 0 Å². The molecule has 27 heavy (non-hydrogen) atoms. The van der Waals surface area contributed by atoms with Gasteiger partial charge in [0.15, 0.2) is 6.29 Å². The monoisotopic (exact) mass is 386 g/mol. The molecule has 0 aliphatic heterocycles. The average Bonchev–Trinajstić information content (AvgIpc) is 2.96. The van der Waals surface area contributed by atoms with Crippen molar-refractivity contribution < 1.29 is 28.1 Å². The van der Waals surface area contributed by atoms with E-state index in [1.165, 1.54) is 16.9 Å². The van der Waals surface area contributed by atoms with Gasteiger partial charge < -0.3 is 14.9 Å². The molecule has 0 saturated carbocycles. The highest BCUT2D eigenvalue weighted by atomic mass is 19.4. The van der Waals surface area contributed by atoms with Crippen molar-refractivity contribution in [2.24, 2.45) is 5.92 Å². The van der Waals surface area contributed by atoms with Crippen molar-refractivity contribution in [3.8, 4) is 5.75 Å². The smallest absolute Gasteiger partial charge is 0.416 e. The number of alkyl halides is 3. The minimum atomic E-state index is -4.46. The van der Waals surface area contributed by atoms with Crippen molar-refractivity contribution in [2.75, 3.05) is 6.61 Å². The first-order valence-corrected chi connectivity index (χ1v) is 8.88. The predicted molar refractivity (Wildman–Crippen MR) is 94.3 cm³/mol. The standard InChI is InChI=1S/C19H25F3N2O3/c1-4-13(5-2)11-27-17-7-6-15(19(20,21)22)8-14(17)10-24-12(3)16(9-23-24)18(25)26/h6-9,13,18,25-26H,4-5,10-11H2,1-3H3. The van der Waals surface area contributed by atoms with E-state index in [2.05, 4.69) is 5.10 Å². The Kier molecular flexibility index (Phi) is 6.89. The van der Waals surface area contributed by atoms with Gasteiger partial charge in [-0.05, 0) is 31.0 Å². The van der Waals surface area contributed by atoms with E-state index >= 15 is 0 Å². The summed E-state index contributed by atoms with van der Waals surface area (Å²) >= 11 is 0. The second-order valence-corrected chi connectivity index (χ2v) is 6.53. The summed E-state index contributed by atoms with van der Waals surface area (Å²) in [4.78, 5) is 0. The van der Waals surface area contributed by atoms with E-state index in [0.717, 1.165) is 25.0 Å². The zero-order valence-electron chi connectivity index (χ0n) is 15.6. The Hall–Kier alpha value is -2.06. The normalized spacial score (nSPS) is 12.2. The van der Waals surface area contributed by atoms with Crippen LogP contribution < -0.4 is 4.74 Å². The maximum absolute atomic E-state index is 13.1. The van der Waals surface area contributed by atoms with E-state index in [0.29, 0.717) is 29.5 Å². The third-order valence-electron chi connectivity index (χ3n) is 4.76. The lowest BCUT2D eigenvalue weighted by atomic mass is 10.0. The van der Waals surface area contributed by atoms with Crippen molar-refractivity contribution >= 4 is 0 Å². The molecule has 2 rings (SSSR count). The van der Waals surface area contributed by atoms with Crippen LogP contribution in [0.4, 0.5) is 13.2 Å². The summed E-state index contributed by atoms with van der Waals surface area (Å²) < 4.78 is 46.6. The summed E-state index contributed by atoms with van der Waals surface area (Å²) in [6, 6.07) is 3.39. The number of benzene rings is 1. The predicted octanol–water partition coefficient (Wildman–Crippen LogP) is 4.06. The molecular weight excluding hydrogens is 361 g/mol. The second-order valence-electron chi connectivity index (χ2n) is 6.53. The molecule has 2 N–H and O–H groups in total. The Morgan fingerprint density at radius 2 is 1.85 bits per heavy atom. The van der Waals surface area contributed by atoms with Crippen LogP contribution in [0.5, 0.6) is 5.75 Å². The van der Waals surface area contributed by atoms with Crippen molar-refractivity contribution in [1.82, 2.24) is 9.78 Å². The van der Waals surface area contributed by atoms with Crippen LogP contribution in [0.15, 0.2) is 24.4 Å². The van der Waals surface area contributed by atoms with Gasteiger partial charge in [-0.2, -0.15) is 18.3 Å². The first-order chi connectivity index (χ1) is 12.7. The molecule has 5 nitrogen and oxygen atoms in total. The van der Waals surface area contributed by atoms with Gasteiger partial charge in [-0.15, -0.1) is 0 Å². The molecule has 0 aliphatic carbocycles. The molecule has 0 unspecified atom stereocenters. The quantitative estimate of drug-likeness (QED) is 0.672. The summed E-state index contributed by atoms with van der Waals surface area (Å²) in [5.74, 6) is 0.693. The first-order valence-electron chi connectivity index (χ1n) is 8.88. The topological polar surface area (TPSA) is 67.5 Å². The van der Waals surface area contributed by atoms with Crippen molar-refractivity contribution in [3.05, 3.63) is 46.8 Å². The summed E-state index contributed by atoms with van der Waals surface area (Å²) in [6.07, 6.45) is -3.02. The number of rotatable bonds is 8. The van der Waals surface area contributed by atoms with E-state index in [-0.39, 0.29) is 12.1 Å². The lowest BCUT2D eigenvalue weighted by molar-refractivity contribution is -0.137. The molecule has 0 atom stereocenters. The Bertz CT molecular complexity index is 753. The van der Waals surface area contributed by atoms with Gasteiger partial charge in [0, 0.05) is 16.8 Å². The molecule has 0 radical (unpaired) electrons. The fraction of sp³-hybridized carbons (Fsp3) is 0.526. The zero-order valence-corrected chi connectivity index (χ0v) is 15.6. The maximum atomic E-state index is 13.1. The molecule has 0 fully saturated rings. The van der Waals surface area contributed by atoms with Crippen LogP contribution in [-0.2, 0) is 12.7 Å². The molecule has 0 amide bonds. The van der Waals surface area contributed by atoms with Crippen LogP contribution in [0, 0.1) is 12.8 Å². The highest BCUT2D eigenvalue weighted by Gasteiger charge is 2.31. The van der Waals surface area contributed by atoms with E-state index < -0.39 is 18.0 Å². The minimum Gasteiger partial charge on any atom is -0.493 e. The van der Waals surface area contributed by atoms with Crippen LogP contribution >= 0.6 is 0 Å². The molecule has 8 heteroatoms. The molecule has 0 saturated heterocycles. The van der Waals surface area contributed by atoms with Crippen LogP contribution in [0.3, 0.4) is 0 Å². The lowest BCUT2D eigenvalue weighted by Gasteiger charge is -2.18. The van der Waals surface area contributed by atoms with E-state index in [4.69, 9.17) is 4.74 Å². The van der Waals surface area contributed by atoms with Gasteiger partial charge in [-0.25, -0.2) is 0 Å². The van der Waals surface area contributed by atoms with Crippen molar-refractivity contribution in [3.63, 3.8) is 0 Å². The van der Waals surface area contributed by atoms with Gasteiger partial charge in [0.25, 0.3) is 0 Å². The van der Waals surface area contributed by atoms with Gasteiger partial charge in [0.1, 0.15) is 5.75 Å². The molecule has 0 bridgehead atoms. The molecule has 0 aliphatic rings. The van der Waals surface area contributed by atoms with Gasteiger partial charge in [-0.1, -0.05) is 26.7 Å². The molecule has 1 aromatic heterocycles. The highest BCUT2D eigenvalue weighted by molar-refractivity contribution is 5.39. The zero-order chi connectivity index (χ0) is 20.2. The maximum Gasteiger partial charge on any atom is 0.416 e. The Morgan fingerprint density at radius 1 is 1.19 bits per heavy atom. The third kappa shape index (κ3) is 5.23. The Labute approximate surface area is 156 Å². The number of hydrogen-bond acceptors (Lipinski definition) is 4. The fourth-order valence-corrected chi connectivity index (χ4v) is 2.79. The summed E-state index contributed by atoms with van der Waals surface area (Å²) in [7, 11) is 0. The Morgan fingerprint density at radius 3 is 2.37 bits per heavy atom. The number of nitrogens with zero attached hydrogens (tertiary/aromatic N) is 2. The fourth-order valence-electron chi connectivity index (χ4n) is 2.79. The van der Waals surface area contributed by atoms with Crippen LogP contribution in [0.2, 0.25) is 0 Å². The van der Waals surface area contributed by atoms with E-state index in [1.807, 2.05) is 13.8 Å². The average molecular weight is 386 g/mol. The number of halogens is 3. The Balaban J connectivity index is 2.35. The third-order valence-corrected chi connectivity index (χ3v) is 4.76. The summed E-state index contributed by atoms with van der Waals surface area (Å²) in [5.41, 5.74) is 0.246. The number of hydrogen-bond donors (Lipinski definition) is 2.